The third-order valence-electron chi connectivity index (χ3n) is 3.89. The van der Waals surface area contributed by atoms with Crippen molar-refractivity contribution in [3.05, 3.63) is 64.9 Å². The largest absolute Gasteiger partial charge is 0.328 e. The van der Waals surface area contributed by atoms with E-state index in [0.29, 0.717) is 0 Å². The molecule has 0 bridgehead atoms. The smallest absolute Gasteiger partial charge is 0.104 e. The summed E-state index contributed by atoms with van der Waals surface area (Å²) in [5.74, 6) is 0. The van der Waals surface area contributed by atoms with Gasteiger partial charge < -0.3 is 4.90 Å². The monoisotopic (exact) mass is 315 g/mol. The lowest BCUT2D eigenvalue weighted by molar-refractivity contribution is -0.918. The van der Waals surface area contributed by atoms with Crippen LogP contribution in [0.25, 0.3) is 0 Å². The maximum absolute atomic E-state index is 6.24. The lowest BCUT2D eigenvalue weighted by Gasteiger charge is -2.30. The van der Waals surface area contributed by atoms with Crippen molar-refractivity contribution in [2.24, 2.45) is 5.10 Å². The van der Waals surface area contributed by atoms with Crippen LogP contribution >= 0.6 is 11.6 Å². The van der Waals surface area contributed by atoms with Crippen molar-refractivity contribution in [3.63, 3.8) is 0 Å². The third kappa shape index (κ3) is 4.06. The molecule has 1 fully saturated rings. The van der Waals surface area contributed by atoms with Crippen molar-refractivity contribution in [2.45, 2.75) is 6.54 Å². The highest BCUT2D eigenvalue weighted by molar-refractivity contribution is 6.31. The Balaban J connectivity index is 1.50. The summed E-state index contributed by atoms with van der Waals surface area (Å²) >= 11 is 6.24. The molecule has 1 aromatic carbocycles. The van der Waals surface area contributed by atoms with Gasteiger partial charge in [-0.15, -0.1) is 0 Å². The van der Waals surface area contributed by atoms with Crippen molar-refractivity contribution in [1.29, 1.82) is 0 Å². The Morgan fingerprint density at radius 2 is 1.91 bits per heavy atom. The van der Waals surface area contributed by atoms with Gasteiger partial charge in [0.25, 0.3) is 0 Å². The van der Waals surface area contributed by atoms with Gasteiger partial charge in [-0.3, -0.25) is 9.99 Å². The maximum Gasteiger partial charge on any atom is 0.104 e. The number of quaternary nitrogens is 1. The summed E-state index contributed by atoms with van der Waals surface area (Å²) in [6.45, 7) is 5.05. The zero-order valence-electron chi connectivity index (χ0n) is 12.5. The number of benzene rings is 1. The Hall–Kier alpha value is -1.91. The normalized spacial score (nSPS) is 16.3. The van der Waals surface area contributed by atoms with Crippen LogP contribution in [0.2, 0.25) is 5.02 Å². The van der Waals surface area contributed by atoms with Gasteiger partial charge in [0, 0.05) is 16.8 Å². The first-order chi connectivity index (χ1) is 10.8. The summed E-state index contributed by atoms with van der Waals surface area (Å²) in [5.41, 5.74) is 2.12. The van der Waals surface area contributed by atoms with Crippen molar-refractivity contribution < 1.29 is 4.90 Å². The van der Waals surface area contributed by atoms with E-state index in [9.17, 15) is 0 Å². The lowest BCUT2D eigenvalue weighted by atomic mass is 10.2. The van der Waals surface area contributed by atoms with Gasteiger partial charge in [-0.1, -0.05) is 35.9 Å². The Labute approximate surface area is 136 Å². The van der Waals surface area contributed by atoms with E-state index in [1.54, 1.807) is 11.1 Å². The lowest BCUT2D eigenvalue weighted by Crippen LogP contribution is -3.13. The molecule has 4 nitrogen and oxygen atoms in total. The molecule has 0 atom stereocenters. The van der Waals surface area contributed by atoms with Crippen molar-refractivity contribution in [1.82, 2.24) is 9.99 Å². The number of hydrogen-bond acceptors (Lipinski definition) is 3. The summed E-state index contributed by atoms with van der Waals surface area (Å²) in [6, 6.07) is 13.9. The molecule has 2 heterocycles. The molecule has 0 saturated carbocycles. The molecule has 0 spiro atoms. The molecule has 1 aliphatic rings. The zero-order valence-corrected chi connectivity index (χ0v) is 13.2. The molecule has 0 radical (unpaired) electrons. The molecule has 1 saturated heterocycles. The molecule has 114 valence electrons. The van der Waals surface area contributed by atoms with Gasteiger partial charge in [0.2, 0.25) is 0 Å². The number of hydrogen-bond donors (Lipinski definition) is 1. The topological polar surface area (TPSA) is 32.9 Å². The van der Waals surface area contributed by atoms with Crippen molar-refractivity contribution in [3.8, 4) is 0 Å². The first-order valence-electron chi connectivity index (χ1n) is 7.58. The molecule has 1 N–H and O–H groups in total. The minimum absolute atomic E-state index is 0.866. The van der Waals surface area contributed by atoms with Crippen molar-refractivity contribution in [2.75, 3.05) is 26.2 Å². The van der Waals surface area contributed by atoms with Crippen LogP contribution in [0.4, 0.5) is 0 Å². The number of nitrogens with one attached hydrogen (secondary N) is 1. The SMILES string of the molecule is Clc1ccccc1C[NH+]1CCN(/N=C/c2ccccn2)CC1. The summed E-state index contributed by atoms with van der Waals surface area (Å²) < 4.78 is 0. The van der Waals surface area contributed by atoms with E-state index < -0.39 is 0 Å². The summed E-state index contributed by atoms with van der Waals surface area (Å²) in [7, 11) is 0. The quantitative estimate of drug-likeness (QED) is 0.867. The van der Waals surface area contributed by atoms with Gasteiger partial charge in [-0.05, 0) is 18.2 Å². The Kier molecular flexibility index (Phi) is 5.03. The number of hydrazone groups is 1. The average molecular weight is 316 g/mol. The number of halogens is 1. The highest BCUT2D eigenvalue weighted by Crippen LogP contribution is 2.13. The van der Waals surface area contributed by atoms with E-state index in [2.05, 4.69) is 21.2 Å². The second-order valence-electron chi connectivity index (χ2n) is 5.47. The molecule has 0 aliphatic carbocycles. The maximum atomic E-state index is 6.24. The summed E-state index contributed by atoms with van der Waals surface area (Å²) in [4.78, 5) is 5.80. The molecule has 3 rings (SSSR count). The number of aromatic nitrogens is 1. The third-order valence-corrected chi connectivity index (χ3v) is 4.26. The number of rotatable bonds is 4. The van der Waals surface area contributed by atoms with Crippen LogP contribution in [-0.4, -0.2) is 42.4 Å². The predicted octanol–water partition coefficient (Wildman–Crippen LogP) is 1.47. The standard InChI is InChI=1S/C17H19ClN4/c18-17-7-2-1-5-15(17)14-21-9-11-22(12-10-21)20-13-16-6-3-4-8-19-16/h1-8,13H,9-12,14H2/p+1/b20-13+. The minimum atomic E-state index is 0.866. The Bertz CT molecular complexity index is 622. The average Bonchev–Trinajstić information content (AvgIpc) is 2.57. The van der Waals surface area contributed by atoms with Crippen LogP contribution in [0.1, 0.15) is 11.3 Å². The molecule has 1 aliphatic heterocycles. The van der Waals surface area contributed by atoms with Crippen LogP contribution in [-0.2, 0) is 6.54 Å². The molecule has 0 unspecified atom stereocenters. The summed E-state index contributed by atoms with van der Waals surface area (Å²) in [5, 5.41) is 7.50. The van der Waals surface area contributed by atoms with Gasteiger partial charge >= 0.3 is 0 Å². The zero-order chi connectivity index (χ0) is 15.2. The molecule has 22 heavy (non-hydrogen) atoms. The van der Waals surface area contributed by atoms with Crippen LogP contribution in [0, 0.1) is 0 Å². The highest BCUT2D eigenvalue weighted by Gasteiger charge is 2.19. The highest BCUT2D eigenvalue weighted by atomic mass is 35.5. The fraction of sp³-hybridized carbons (Fsp3) is 0.294. The van der Waals surface area contributed by atoms with Gasteiger partial charge in [0.15, 0.2) is 0 Å². The first-order valence-corrected chi connectivity index (χ1v) is 7.96. The van der Waals surface area contributed by atoms with E-state index in [4.69, 9.17) is 11.6 Å². The van der Waals surface area contributed by atoms with Crippen molar-refractivity contribution >= 4 is 17.8 Å². The minimum Gasteiger partial charge on any atom is -0.328 e. The Morgan fingerprint density at radius 3 is 2.64 bits per heavy atom. The van der Waals surface area contributed by atoms with E-state index in [1.807, 2.05) is 42.6 Å². The fourth-order valence-electron chi connectivity index (χ4n) is 2.61. The van der Waals surface area contributed by atoms with Crippen LogP contribution in [0.15, 0.2) is 53.8 Å². The van der Waals surface area contributed by atoms with E-state index >= 15 is 0 Å². The Morgan fingerprint density at radius 1 is 1.14 bits per heavy atom. The second kappa shape index (κ2) is 7.38. The molecule has 2 aromatic rings. The van der Waals surface area contributed by atoms with E-state index in [-0.39, 0.29) is 0 Å². The molecule has 0 amide bonds. The predicted molar refractivity (Wildman–Crippen MR) is 89.3 cm³/mol. The van der Waals surface area contributed by atoms with Gasteiger partial charge in [0.1, 0.15) is 6.54 Å². The molecular weight excluding hydrogens is 296 g/mol. The van der Waals surface area contributed by atoms with Gasteiger partial charge in [0.05, 0.1) is 38.1 Å². The molecule has 1 aromatic heterocycles. The van der Waals surface area contributed by atoms with E-state index in [1.165, 1.54) is 5.56 Å². The first kappa shape index (κ1) is 15.0. The van der Waals surface area contributed by atoms with Gasteiger partial charge in [-0.25, -0.2) is 0 Å². The summed E-state index contributed by atoms with van der Waals surface area (Å²) in [6.07, 6.45) is 3.62. The van der Waals surface area contributed by atoms with Crippen LogP contribution < -0.4 is 4.90 Å². The fourth-order valence-corrected chi connectivity index (χ4v) is 2.81. The number of nitrogens with zero attached hydrogens (tertiary/aromatic N) is 3. The molecular formula is C17H20ClN4+. The second-order valence-corrected chi connectivity index (χ2v) is 5.88. The van der Waals surface area contributed by atoms with Crippen LogP contribution in [0.5, 0.6) is 0 Å². The number of piperazine rings is 1. The van der Waals surface area contributed by atoms with E-state index in [0.717, 1.165) is 43.4 Å². The van der Waals surface area contributed by atoms with Crippen LogP contribution in [0.3, 0.4) is 0 Å². The molecule has 5 heteroatoms. The number of pyridine rings is 1. The van der Waals surface area contributed by atoms with Gasteiger partial charge in [-0.2, -0.15) is 5.10 Å².